The smallest absolute Gasteiger partial charge is 0.415 e. The molecule has 1 aromatic carbocycles. The van der Waals surface area contributed by atoms with E-state index in [1.54, 1.807) is 0 Å². The van der Waals surface area contributed by atoms with Crippen molar-refractivity contribution in [3.8, 4) is 5.75 Å². The van der Waals surface area contributed by atoms with Crippen molar-refractivity contribution in [3.63, 3.8) is 0 Å². The number of amides is 1. The topological polar surface area (TPSA) is 29.5 Å². The zero-order chi connectivity index (χ0) is 15.5. The molecule has 1 aliphatic rings. The van der Waals surface area contributed by atoms with Crippen LogP contribution in [0.4, 0.5) is 10.5 Å². The molecule has 2 rings (SSSR count). The van der Waals surface area contributed by atoms with Gasteiger partial charge in [-0.25, -0.2) is 4.79 Å². The molecular weight excluding hydrogens is 391 g/mol. The fraction of sp³-hybridized carbons (Fsp3) is 0.588. The average Bonchev–Trinajstić information content (AvgIpc) is 2.46. The molecule has 0 bridgehead atoms. The van der Waals surface area contributed by atoms with Gasteiger partial charge in [0.15, 0.2) is 0 Å². The van der Waals surface area contributed by atoms with Gasteiger partial charge in [0.1, 0.15) is 11.4 Å². The molecule has 1 aromatic rings. The number of ether oxygens (including phenoxy) is 1. The van der Waals surface area contributed by atoms with Crippen LogP contribution < -0.4 is 33.2 Å². The Labute approximate surface area is 151 Å². The summed E-state index contributed by atoms with van der Waals surface area (Å²) in [4.78, 5) is 14.0. The van der Waals surface area contributed by atoms with Gasteiger partial charge in [-0.3, -0.25) is 4.48 Å². The van der Waals surface area contributed by atoms with Gasteiger partial charge in [0.05, 0.1) is 21.1 Å². The van der Waals surface area contributed by atoms with Crippen LogP contribution in [0.3, 0.4) is 0 Å². The largest absolute Gasteiger partial charge is 1.00 e. The molecule has 0 spiro atoms. The number of benzene rings is 1. The van der Waals surface area contributed by atoms with E-state index >= 15 is 0 Å². The highest BCUT2D eigenvalue weighted by atomic mass is 127. The lowest BCUT2D eigenvalue weighted by Crippen LogP contribution is -3.00. The van der Waals surface area contributed by atoms with Crippen molar-refractivity contribution in [3.05, 3.63) is 23.8 Å². The van der Waals surface area contributed by atoms with Gasteiger partial charge in [0.25, 0.3) is 0 Å². The number of halogens is 1. The normalized spacial score (nSPS) is 15.2. The molecule has 0 aliphatic carbocycles. The molecule has 1 amide bonds. The Hall–Kier alpha value is -0.820. The number of hydrogen-bond acceptors (Lipinski definition) is 2. The van der Waals surface area contributed by atoms with Crippen LogP contribution in [0.1, 0.15) is 31.7 Å². The summed E-state index contributed by atoms with van der Waals surface area (Å²) in [6, 6.07) is 5.97. The number of rotatable bonds is 3. The predicted octanol–water partition coefficient (Wildman–Crippen LogP) is 0.434. The van der Waals surface area contributed by atoms with Gasteiger partial charge in [-0.05, 0) is 37.8 Å². The molecule has 0 radical (unpaired) electrons. The second-order valence-corrected chi connectivity index (χ2v) is 6.57. The van der Waals surface area contributed by atoms with Crippen molar-refractivity contribution in [1.29, 1.82) is 0 Å². The van der Waals surface area contributed by atoms with E-state index in [2.05, 4.69) is 34.1 Å². The maximum absolute atomic E-state index is 12.1. The standard InChI is InChI=1S/C17H27N2O2.HI/c1-5-14-13-15(9-10-16(14)19(2,3)4)21-17(20)18-11-7-6-8-12-18;/h9-10,13H,5-8,11-12H2,1-4H3;1H/q+1;/p-1. The van der Waals surface area contributed by atoms with Crippen LogP contribution in [0.25, 0.3) is 0 Å². The van der Waals surface area contributed by atoms with E-state index in [0.717, 1.165) is 36.8 Å². The highest BCUT2D eigenvalue weighted by molar-refractivity contribution is 5.71. The number of carbonyl (C=O) groups excluding carboxylic acids is 1. The maximum atomic E-state index is 12.1. The van der Waals surface area contributed by atoms with Crippen molar-refractivity contribution in [1.82, 2.24) is 9.38 Å². The number of aryl methyl sites for hydroxylation is 1. The Kier molecular flexibility index (Phi) is 7.12. The van der Waals surface area contributed by atoms with Crippen LogP contribution in [-0.4, -0.2) is 45.2 Å². The first kappa shape index (κ1) is 19.2. The minimum atomic E-state index is -0.213. The van der Waals surface area contributed by atoms with E-state index in [4.69, 9.17) is 4.74 Å². The maximum Gasteiger partial charge on any atom is 0.415 e. The van der Waals surface area contributed by atoms with Crippen LogP contribution in [0.5, 0.6) is 5.75 Å². The lowest BCUT2D eigenvalue weighted by molar-refractivity contribution is -0.0000107. The highest BCUT2D eigenvalue weighted by Crippen LogP contribution is 2.28. The third-order valence-corrected chi connectivity index (χ3v) is 3.97. The quantitative estimate of drug-likeness (QED) is 0.527. The Balaban J connectivity index is 0.00000242. The first-order valence-corrected chi connectivity index (χ1v) is 7.83. The Bertz CT molecular complexity index is 506. The average molecular weight is 418 g/mol. The van der Waals surface area contributed by atoms with Gasteiger partial charge in [-0.15, -0.1) is 0 Å². The van der Waals surface area contributed by atoms with Gasteiger partial charge in [-0.1, -0.05) is 6.92 Å². The Morgan fingerprint density at radius 1 is 1.18 bits per heavy atom. The lowest BCUT2D eigenvalue weighted by Gasteiger charge is -2.27. The summed E-state index contributed by atoms with van der Waals surface area (Å²) in [6.07, 6.45) is 4.09. The molecule has 0 unspecified atom stereocenters. The molecule has 0 N–H and O–H groups in total. The van der Waals surface area contributed by atoms with Crippen LogP contribution in [0.2, 0.25) is 0 Å². The van der Waals surface area contributed by atoms with Crippen molar-refractivity contribution in [2.45, 2.75) is 32.6 Å². The minimum Gasteiger partial charge on any atom is -1.00 e. The number of nitrogens with zero attached hydrogens (tertiary/aromatic N) is 2. The summed E-state index contributed by atoms with van der Waals surface area (Å²) in [5, 5.41) is 0. The minimum absolute atomic E-state index is 0. The summed E-state index contributed by atoms with van der Waals surface area (Å²) in [6.45, 7) is 3.76. The molecule has 4 nitrogen and oxygen atoms in total. The van der Waals surface area contributed by atoms with Gasteiger partial charge < -0.3 is 33.6 Å². The zero-order valence-electron chi connectivity index (χ0n) is 14.1. The molecule has 0 aromatic heterocycles. The van der Waals surface area contributed by atoms with Crippen LogP contribution in [-0.2, 0) is 6.42 Å². The van der Waals surface area contributed by atoms with Crippen LogP contribution in [0, 0.1) is 0 Å². The summed E-state index contributed by atoms with van der Waals surface area (Å²) < 4.78 is 6.31. The molecule has 5 heteroatoms. The van der Waals surface area contributed by atoms with Gasteiger partial charge in [0, 0.05) is 24.7 Å². The summed E-state index contributed by atoms with van der Waals surface area (Å²) in [7, 11) is 6.44. The first-order valence-electron chi connectivity index (χ1n) is 7.83. The molecule has 1 aliphatic heterocycles. The molecule has 0 atom stereocenters. The number of carbonyl (C=O) groups is 1. The third-order valence-electron chi connectivity index (χ3n) is 3.97. The second-order valence-electron chi connectivity index (χ2n) is 6.57. The molecule has 124 valence electrons. The van der Waals surface area contributed by atoms with E-state index in [9.17, 15) is 4.79 Å². The van der Waals surface area contributed by atoms with Gasteiger partial charge in [-0.2, -0.15) is 0 Å². The second kappa shape index (κ2) is 8.15. The monoisotopic (exact) mass is 418 g/mol. The molecule has 1 saturated heterocycles. The Morgan fingerprint density at radius 3 is 2.36 bits per heavy atom. The molecule has 22 heavy (non-hydrogen) atoms. The summed E-state index contributed by atoms with van der Waals surface area (Å²) >= 11 is 0. The van der Waals surface area contributed by atoms with E-state index in [1.807, 2.05) is 17.0 Å². The fourth-order valence-electron chi connectivity index (χ4n) is 2.80. The van der Waals surface area contributed by atoms with E-state index in [-0.39, 0.29) is 30.1 Å². The lowest BCUT2D eigenvalue weighted by atomic mass is 10.1. The number of likely N-dealkylation sites (tertiary alicyclic amines) is 1. The molecule has 0 saturated carbocycles. The molecule has 1 fully saturated rings. The SMILES string of the molecule is CCc1cc(OC(=O)N2CCCCC2)ccc1[N+](C)(C)C.[I-]. The van der Waals surface area contributed by atoms with Crippen LogP contribution in [0.15, 0.2) is 18.2 Å². The summed E-state index contributed by atoms with van der Waals surface area (Å²) in [5.74, 6) is 0.652. The van der Waals surface area contributed by atoms with Crippen molar-refractivity contribution < 1.29 is 33.5 Å². The number of piperidine rings is 1. The van der Waals surface area contributed by atoms with Crippen molar-refractivity contribution in [2.24, 2.45) is 0 Å². The van der Waals surface area contributed by atoms with Gasteiger partial charge in [0.2, 0.25) is 0 Å². The highest BCUT2D eigenvalue weighted by Gasteiger charge is 2.21. The molecule has 1 heterocycles. The predicted molar refractivity (Wildman–Crippen MR) is 86.8 cm³/mol. The van der Waals surface area contributed by atoms with E-state index < -0.39 is 0 Å². The van der Waals surface area contributed by atoms with Crippen LogP contribution >= 0.6 is 0 Å². The Morgan fingerprint density at radius 2 is 1.82 bits per heavy atom. The molecular formula is C17H27IN2O2. The fourth-order valence-corrected chi connectivity index (χ4v) is 2.80. The summed E-state index contributed by atoms with van der Waals surface area (Å²) in [5.41, 5.74) is 2.49. The third kappa shape index (κ3) is 4.84. The van der Waals surface area contributed by atoms with Gasteiger partial charge >= 0.3 is 6.09 Å². The van der Waals surface area contributed by atoms with E-state index in [1.165, 1.54) is 17.7 Å². The van der Waals surface area contributed by atoms with Crippen molar-refractivity contribution >= 4 is 11.8 Å². The number of quaternary nitrogens is 1. The van der Waals surface area contributed by atoms with E-state index in [0.29, 0.717) is 5.75 Å². The van der Waals surface area contributed by atoms with Crippen molar-refractivity contribution in [2.75, 3.05) is 34.2 Å². The first-order chi connectivity index (χ1) is 9.91. The zero-order valence-corrected chi connectivity index (χ0v) is 16.2. The number of hydrogen-bond donors (Lipinski definition) is 0.